The topological polar surface area (TPSA) is 46.6 Å². The van der Waals surface area contributed by atoms with Crippen molar-refractivity contribution in [2.45, 2.75) is 6.92 Å². The van der Waals surface area contributed by atoms with Crippen LogP contribution >= 0.6 is 0 Å². The maximum Gasteiger partial charge on any atom is 0.343 e. The molecule has 0 amide bonds. The molecular formula is C14H16FNO3. The smallest absolute Gasteiger partial charge is 0.343 e. The summed E-state index contributed by atoms with van der Waals surface area (Å²) in [6.07, 6.45) is 1.39. The molecule has 0 saturated carbocycles. The molecule has 4 nitrogen and oxygen atoms in total. The molecule has 0 aliphatic rings. The standard InChI is InChI=1S/C14H16FNO3/c1-4-19-14(18)12(9-16(2)3)13(17)10-5-7-11(15)8-6-10/h5-9H,4H2,1-3H3/b12-9-. The number of ketones is 1. The Labute approximate surface area is 111 Å². The molecule has 0 radical (unpaired) electrons. The van der Waals surface area contributed by atoms with E-state index in [9.17, 15) is 14.0 Å². The summed E-state index contributed by atoms with van der Waals surface area (Å²) in [5, 5.41) is 0. The summed E-state index contributed by atoms with van der Waals surface area (Å²) in [5.41, 5.74) is 0.154. The highest BCUT2D eigenvalue weighted by Crippen LogP contribution is 2.12. The first-order chi connectivity index (χ1) is 8.95. The van der Waals surface area contributed by atoms with Crippen molar-refractivity contribution in [3.8, 4) is 0 Å². The lowest BCUT2D eigenvalue weighted by Gasteiger charge is -2.10. The third-order valence-corrected chi connectivity index (χ3v) is 2.23. The van der Waals surface area contributed by atoms with Crippen LogP contribution in [-0.4, -0.2) is 37.4 Å². The van der Waals surface area contributed by atoms with Gasteiger partial charge < -0.3 is 9.64 Å². The molecule has 0 saturated heterocycles. The Morgan fingerprint density at radius 2 is 1.84 bits per heavy atom. The molecule has 0 aliphatic carbocycles. The van der Waals surface area contributed by atoms with Crippen LogP contribution in [0.15, 0.2) is 36.0 Å². The fourth-order valence-electron chi connectivity index (χ4n) is 1.43. The lowest BCUT2D eigenvalue weighted by Crippen LogP contribution is -2.19. The van der Waals surface area contributed by atoms with Crippen LogP contribution in [0.1, 0.15) is 17.3 Å². The minimum Gasteiger partial charge on any atom is -0.462 e. The fourth-order valence-corrected chi connectivity index (χ4v) is 1.43. The van der Waals surface area contributed by atoms with Gasteiger partial charge in [0, 0.05) is 25.9 Å². The van der Waals surface area contributed by atoms with Crippen LogP contribution in [0, 0.1) is 5.82 Å². The van der Waals surface area contributed by atoms with Crippen molar-refractivity contribution in [2.75, 3.05) is 20.7 Å². The van der Waals surface area contributed by atoms with Gasteiger partial charge in [0.05, 0.1) is 6.61 Å². The van der Waals surface area contributed by atoms with Crippen molar-refractivity contribution in [1.29, 1.82) is 0 Å². The van der Waals surface area contributed by atoms with E-state index in [2.05, 4.69) is 0 Å². The summed E-state index contributed by atoms with van der Waals surface area (Å²) in [4.78, 5) is 25.5. The molecule has 0 heterocycles. The maximum absolute atomic E-state index is 12.8. The van der Waals surface area contributed by atoms with Crippen LogP contribution in [0.3, 0.4) is 0 Å². The molecule has 0 aliphatic heterocycles. The normalized spacial score (nSPS) is 11.1. The third-order valence-electron chi connectivity index (χ3n) is 2.23. The average molecular weight is 265 g/mol. The van der Waals surface area contributed by atoms with Gasteiger partial charge in [-0.05, 0) is 31.2 Å². The zero-order valence-corrected chi connectivity index (χ0v) is 11.1. The molecule has 19 heavy (non-hydrogen) atoms. The van der Waals surface area contributed by atoms with Crippen molar-refractivity contribution in [2.24, 2.45) is 0 Å². The van der Waals surface area contributed by atoms with Crippen LogP contribution in [0.5, 0.6) is 0 Å². The summed E-state index contributed by atoms with van der Waals surface area (Å²) >= 11 is 0. The van der Waals surface area contributed by atoms with E-state index < -0.39 is 17.6 Å². The molecule has 0 bridgehead atoms. The molecule has 0 atom stereocenters. The number of benzene rings is 1. The van der Waals surface area contributed by atoms with Gasteiger partial charge in [0.2, 0.25) is 5.78 Å². The molecule has 1 rings (SSSR count). The largest absolute Gasteiger partial charge is 0.462 e. The minimum absolute atomic E-state index is 0.0848. The van der Waals surface area contributed by atoms with Crippen molar-refractivity contribution in [3.63, 3.8) is 0 Å². The van der Waals surface area contributed by atoms with Crippen LogP contribution in [0.2, 0.25) is 0 Å². The van der Waals surface area contributed by atoms with Crippen LogP contribution < -0.4 is 0 Å². The summed E-state index contributed by atoms with van der Waals surface area (Å²) in [6, 6.07) is 5.01. The predicted molar refractivity (Wildman–Crippen MR) is 69.1 cm³/mol. The van der Waals surface area contributed by atoms with Gasteiger partial charge in [-0.1, -0.05) is 0 Å². The molecular weight excluding hydrogens is 249 g/mol. The molecule has 102 valence electrons. The number of esters is 1. The second-order valence-electron chi connectivity index (χ2n) is 4.06. The van der Waals surface area contributed by atoms with Gasteiger partial charge in [-0.15, -0.1) is 0 Å². The molecule has 0 fully saturated rings. The summed E-state index contributed by atoms with van der Waals surface area (Å²) in [7, 11) is 3.38. The SMILES string of the molecule is CCOC(=O)/C(=C\N(C)C)C(=O)c1ccc(F)cc1. The van der Waals surface area contributed by atoms with Crippen molar-refractivity contribution < 1.29 is 18.7 Å². The van der Waals surface area contributed by atoms with E-state index in [0.29, 0.717) is 0 Å². The number of Topliss-reactive ketones (excluding diaryl/α,β-unsaturated/α-hetero) is 1. The number of nitrogens with zero attached hydrogens (tertiary/aromatic N) is 1. The molecule has 5 heteroatoms. The van der Waals surface area contributed by atoms with E-state index in [-0.39, 0.29) is 17.7 Å². The summed E-state index contributed by atoms with van der Waals surface area (Å²) < 4.78 is 17.7. The first-order valence-electron chi connectivity index (χ1n) is 5.81. The van der Waals surface area contributed by atoms with E-state index >= 15 is 0 Å². The second kappa shape index (κ2) is 6.68. The quantitative estimate of drug-likeness (QED) is 0.269. The van der Waals surface area contributed by atoms with Crippen molar-refractivity contribution in [3.05, 3.63) is 47.4 Å². The van der Waals surface area contributed by atoms with Crippen LogP contribution in [-0.2, 0) is 9.53 Å². The third kappa shape index (κ3) is 4.21. The number of ether oxygens (including phenoxy) is 1. The lowest BCUT2D eigenvalue weighted by atomic mass is 10.0. The Morgan fingerprint density at radius 3 is 2.32 bits per heavy atom. The molecule has 0 N–H and O–H groups in total. The number of carbonyl (C=O) groups excluding carboxylic acids is 2. The lowest BCUT2D eigenvalue weighted by molar-refractivity contribution is -0.138. The Morgan fingerprint density at radius 1 is 1.26 bits per heavy atom. The van der Waals surface area contributed by atoms with Gasteiger partial charge in [0.15, 0.2) is 0 Å². The maximum atomic E-state index is 12.8. The highest BCUT2D eigenvalue weighted by Gasteiger charge is 2.21. The van der Waals surface area contributed by atoms with E-state index in [1.54, 1.807) is 25.9 Å². The first-order valence-corrected chi connectivity index (χ1v) is 5.81. The highest BCUT2D eigenvalue weighted by molar-refractivity contribution is 6.24. The van der Waals surface area contributed by atoms with E-state index in [1.165, 1.54) is 30.5 Å². The van der Waals surface area contributed by atoms with Gasteiger partial charge in [-0.25, -0.2) is 9.18 Å². The summed E-state index contributed by atoms with van der Waals surface area (Å²) in [5.74, 6) is -1.62. The number of halogens is 1. The van der Waals surface area contributed by atoms with E-state index in [4.69, 9.17) is 4.74 Å². The van der Waals surface area contributed by atoms with Crippen LogP contribution in [0.25, 0.3) is 0 Å². The van der Waals surface area contributed by atoms with Gasteiger partial charge in [0.25, 0.3) is 0 Å². The zero-order chi connectivity index (χ0) is 14.4. The Kier molecular flexibility index (Phi) is 5.23. The summed E-state index contributed by atoms with van der Waals surface area (Å²) in [6.45, 7) is 1.84. The zero-order valence-electron chi connectivity index (χ0n) is 11.1. The van der Waals surface area contributed by atoms with Gasteiger partial charge >= 0.3 is 5.97 Å². The number of hydrogen-bond acceptors (Lipinski definition) is 4. The molecule has 0 spiro atoms. The Bertz CT molecular complexity index is 492. The van der Waals surface area contributed by atoms with E-state index in [0.717, 1.165) is 0 Å². The molecule has 1 aromatic rings. The van der Waals surface area contributed by atoms with Gasteiger partial charge in [-0.3, -0.25) is 4.79 Å². The number of hydrogen-bond donors (Lipinski definition) is 0. The Hall–Kier alpha value is -2.17. The Balaban J connectivity index is 3.08. The molecule has 1 aromatic carbocycles. The van der Waals surface area contributed by atoms with Crippen molar-refractivity contribution >= 4 is 11.8 Å². The molecule has 0 aromatic heterocycles. The van der Waals surface area contributed by atoms with Gasteiger partial charge in [0.1, 0.15) is 11.4 Å². The minimum atomic E-state index is -0.689. The van der Waals surface area contributed by atoms with Crippen molar-refractivity contribution in [1.82, 2.24) is 4.90 Å². The van der Waals surface area contributed by atoms with Crippen LogP contribution in [0.4, 0.5) is 4.39 Å². The monoisotopic (exact) mass is 265 g/mol. The average Bonchev–Trinajstić information content (AvgIpc) is 2.36. The highest BCUT2D eigenvalue weighted by atomic mass is 19.1. The first kappa shape index (κ1) is 14.9. The van der Waals surface area contributed by atoms with E-state index in [1.807, 2.05) is 0 Å². The predicted octanol–water partition coefficient (Wildman–Crippen LogP) is 2.02. The molecule has 0 unspecified atom stereocenters. The fraction of sp³-hybridized carbons (Fsp3) is 0.286. The van der Waals surface area contributed by atoms with Gasteiger partial charge in [-0.2, -0.15) is 0 Å². The number of carbonyl (C=O) groups is 2. The number of rotatable bonds is 5. The second-order valence-corrected chi connectivity index (χ2v) is 4.06.